The normalized spacial score (nSPS) is 12.6. The molecule has 0 aliphatic rings. The van der Waals surface area contributed by atoms with Crippen molar-refractivity contribution in [1.29, 1.82) is 5.41 Å². The molecule has 4 aromatic rings. The summed E-state index contributed by atoms with van der Waals surface area (Å²) in [5.74, 6) is -3.05. The number of carboxylic acid groups (broad SMARTS) is 2. The quantitative estimate of drug-likeness (QED) is 0.0401. The highest BCUT2D eigenvalue weighted by Gasteiger charge is 2.31. The molecule has 0 spiro atoms. The van der Waals surface area contributed by atoms with Crippen LogP contribution in [0.2, 0.25) is 0 Å². The van der Waals surface area contributed by atoms with Crippen molar-refractivity contribution in [3.63, 3.8) is 0 Å². The van der Waals surface area contributed by atoms with Crippen LogP contribution < -0.4 is 22.1 Å². The Morgan fingerprint density at radius 1 is 0.868 bits per heavy atom. The Hall–Kier alpha value is -5.57. The molecule has 1 aromatic heterocycles. The first kappa shape index (κ1) is 41.8. The van der Waals surface area contributed by atoms with E-state index in [1.807, 2.05) is 79.1 Å². The van der Waals surface area contributed by atoms with Gasteiger partial charge in [0.15, 0.2) is 5.96 Å². The maximum absolute atomic E-state index is 14.0. The van der Waals surface area contributed by atoms with Crippen LogP contribution in [0.3, 0.4) is 0 Å². The van der Waals surface area contributed by atoms with Crippen molar-refractivity contribution < 1.29 is 39.2 Å². The smallest absolute Gasteiger partial charge is 0.320 e. The third kappa shape index (κ3) is 12.9. The lowest BCUT2D eigenvalue weighted by Crippen LogP contribution is -2.34. The number of carbonyl (C=O) groups excluding carboxylic acids is 1. The van der Waals surface area contributed by atoms with Crippen molar-refractivity contribution in [2.75, 3.05) is 11.9 Å². The minimum absolute atomic E-state index is 0.0939. The Morgan fingerprint density at radius 2 is 1.47 bits per heavy atom. The van der Waals surface area contributed by atoms with Crippen molar-refractivity contribution in [1.82, 2.24) is 9.88 Å². The van der Waals surface area contributed by atoms with E-state index in [9.17, 15) is 29.0 Å². The number of carboxylic acids is 2. The van der Waals surface area contributed by atoms with Crippen molar-refractivity contribution >= 4 is 29.5 Å². The minimum atomic E-state index is -1.18. The van der Waals surface area contributed by atoms with Crippen LogP contribution in [-0.2, 0) is 16.1 Å². The predicted octanol–water partition coefficient (Wildman–Crippen LogP) is 4.98. The molecule has 284 valence electrons. The predicted molar refractivity (Wildman–Crippen MR) is 202 cm³/mol. The molecule has 3 atom stereocenters. The summed E-state index contributed by atoms with van der Waals surface area (Å²) in [6.07, 6.45) is -1.53. The number of para-hydroxylation sites is 1. The SMILES string of the molecule is CC(C)c1c(C(=O)Nc2ccccc2)c(-c2ccccc2)c(-c2ccc(F)cc2)n1CC[C@@H](O)C[C@@H](O)CC(=O)O.N=C(N)NCCC[C@H](N)C(=O)O. The number of aliphatic carboxylic acids is 2. The third-order valence-corrected chi connectivity index (χ3v) is 8.25. The summed E-state index contributed by atoms with van der Waals surface area (Å²) in [6, 6.07) is 24.0. The van der Waals surface area contributed by atoms with Crippen LogP contribution in [-0.4, -0.2) is 73.6 Å². The van der Waals surface area contributed by atoms with Gasteiger partial charge in [0.05, 0.1) is 29.9 Å². The second kappa shape index (κ2) is 20.5. The lowest BCUT2D eigenvalue weighted by atomic mass is 9.94. The maximum Gasteiger partial charge on any atom is 0.320 e. The lowest BCUT2D eigenvalue weighted by Gasteiger charge is -2.20. The number of halogens is 1. The molecule has 0 bridgehead atoms. The molecule has 0 radical (unpaired) electrons. The van der Waals surface area contributed by atoms with E-state index >= 15 is 0 Å². The topological polar surface area (TPSA) is 237 Å². The molecule has 0 saturated carbocycles. The third-order valence-electron chi connectivity index (χ3n) is 8.25. The Labute approximate surface area is 308 Å². The Kier molecular flexibility index (Phi) is 16.2. The molecule has 1 heterocycles. The first-order valence-electron chi connectivity index (χ1n) is 17.3. The summed E-state index contributed by atoms with van der Waals surface area (Å²) in [7, 11) is 0. The molecule has 0 fully saturated rings. The van der Waals surface area contributed by atoms with E-state index in [1.54, 1.807) is 12.1 Å². The number of aliphatic hydroxyl groups is 2. The summed E-state index contributed by atoms with van der Waals surface area (Å²) in [6.45, 7) is 4.73. The van der Waals surface area contributed by atoms with Gasteiger partial charge in [-0.15, -0.1) is 0 Å². The van der Waals surface area contributed by atoms with Gasteiger partial charge in [0.2, 0.25) is 0 Å². The Morgan fingerprint density at radius 3 is 2.02 bits per heavy atom. The van der Waals surface area contributed by atoms with E-state index < -0.39 is 36.6 Å². The zero-order valence-electron chi connectivity index (χ0n) is 29.8. The monoisotopic (exact) mass is 732 g/mol. The highest BCUT2D eigenvalue weighted by Crippen LogP contribution is 2.42. The van der Waals surface area contributed by atoms with Gasteiger partial charge in [0.1, 0.15) is 11.9 Å². The van der Waals surface area contributed by atoms with Crippen LogP contribution in [0.5, 0.6) is 0 Å². The highest BCUT2D eigenvalue weighted by atomic mass is 19.1. The number of anilines is 1. The van der Waals surface area contributed by atoms with E-state index in [1.165, 1.54) is 12.1 Å². The number of nitrogens with one attached hydrogen (secondary N) is 3. The Balaban J connectivity index is 0.000000541. The van der Waals surface area contributed by atoms with Crippen molar-refractivity contribution in [3.05, 3.63) is 102 Å². The van der Waals surface area contributed by atoms with Crippen molar-refractivity contribution in [3.8, 4) is 22.4 Å². The van der Waals surface area contributed by atoms with Gasteiger partial charge < -0.3 is 47.1 Å². The second-order valence-corrected chi connectivity index (χ2v) is 12.8. The van der Waals surface area contributed by atoms with Crippen molar-refractivity contribution in [2.24, 2.45) is 11.5 Å². The van der Waals surface area contributed by atoms with Gasteiger partial charge in [0.25, 0.3) is 5.91 Å². The van der Waals surface area contributed by atoms with Gasteiger partial charge in [-0.05, 0) is 79.1 Å². The summed E-state index contributed by atoms with van der Waals surface area (Å²) in [5.41, 5.74) is 15.0. The number of benzene rings is 3. The standard InChI is InChI=1S/C33H35FN2O5.C6H14N4O2/c1-21(2)31-30(33(41)35-25-11-7-4-8-12-25)29(22-9-5-3-6-10-22)32(23-13-15-24(34)16-14-23)36(31)18-17-26(37)19-27(38)20-28(39)40;7-4(5(11)12)2-1-3-10-6(8)9/h3-16,21,26-27,37-38H,17-20H2,1-2H3,(H,35,41)(H,39,40);4H,1-3,7H2,(H,11,12)(H4,8,9,10)/t26-,27-;4-/m10/s1. The number of amides is 1. The molecular formula is C39H49FN6O7. The van der Waals surface area contributed by atoms with E-state index in [2.05, 4.69) is 10.6 Å². The number of hydrogen-bond donors (Lipinski definition) is 9. The number of aliphatic hydroxyl groups excluding tert-OH is 2. The molecule has 4 rings (SSSR count). The van der Waals surface area contributed by atoms with Crippen molar-refractivity contribution in [2.45, 2.75) is 76.7 Å². The van der Waals surface area contributed by atoms with Crippen LogP contribution in [0.15, 0.2) is 84.9 Å². The number of rotatable bonds is 17. The van der Waals surface area contributed by atoms with E-state index in [4.69, 9.17) is 27.1 Å². The van der Waals surface area contributed by atoms with Crippen LogP contribution in [0.4, 0.5) is 10.1 Å². The fraction of sp³-hybridized carbons (Fsp3) is 0.333. The molecule has 11 N–H and O–H groups in total. The number of hydrogen-bond acceptors (Lipinski definition) is 7. The van der Waals surface area contributed by atoms with Gasteiger partial charge in [0, 0.05) is 30.0 Å². The van der Waals surface area contributed by atoms with Crippen LogP contribution in [0.25, 0.3) is 22.4 Å². The number of carbonyl (C=O) groups is 3. The Bertz CT molecular complexity index is 1800. The summed E-state index contributed by atoms with van der Waals surface area (Å²) in [4.78, 5) is 35.2. The number of nitrogens with zero attached hydrogens (tertiary/aromatic N) is 1. The molecular weight excluding hydrogens is 683 g/mol. The molecule has 14 heteroatoms. The molecule has 0 aliphatic carbocycles. The summed E-state index contributed by atoms with van der Waals surface area (Å²) >= 11 is 0. The fourth-order valence-electron chi connectivity index (χ4n) is 5.87. The van der Waals surface area contributed by atoms with E-state index in [0.29, 0.717) is 47.5 Å². The van der Waals surface area contributed by atoms with Gasteiger partial charge in [-0.1, -0.05) is 62.4 Å². The number of aromatic nitrogens is 1. The van der Waals surface area contributed by atoms with Gasteiger partial charge in [-0.2, -0.15) is 0 Å². The molecule has 3 aromatic carbocycles. The minimum Gasteiger partial charge on any atom is -0.481 e. The zero-order chi connectivity index (χ0) is 39.1. The van der Waals surface area contributed by atoms with Crippen LogP contribution >= 0.6 is 0 Å². The number of nitrogens with two attached hydrogens (primary N) is 2. The molecule has 13 nitrogen and oxygen atoms in total. The second-order valence-electron chi connectivity index (χ2n) is 12.8. The maximum atomic E-state index is 14.0. The first-order chi connectivity index (χ1) is 25.2. The largest absolute Gasteiger partial charge is 0.481 e. The summed E-state index contributed by atoms with van der Waals surface area (Å²) < 4.78 is 16.0. The van der Waals surface area contributed by atoms with E-state index in [-0.39, 0.29) is 43.0 Å². The van der Waals surface area contributed by atoms with Crippen LogP contribution in [0.1, 0.15) is 67.9 Å². The average molecular weight is 733 g/mol. The molecule has 0 saturated heterocycles. The van der Waals surface area contributed by atoms with Gasteiger partial charge in [-0.3, -0.25) is 19.8 Å². The van der Waals surface area contributed by atoms with E-state index in [0.717, 1.165) is 11.3 Å². The molecule has 0 aliphatic heterocycles. The average Bonchev–Trinajstić information content (AvgIpc) is 3.45. The first-order valence-corrected chi connectivity index (χ1v) is 17.3. The van der Waals surface area contributed by atoms with Gasteiger partial charge in [-0.25, -0.2) is 4.39 Å². The fourth-order valence-corrected chi connectivity index (χ4v) is 5.87. The number of guanidine groups is 1. The molecule has 1 amide bonds. The van der Waals surface area contributed by atoms with Crippen LogP contribution in [0, 0.1) is 11.2 Å². The summed E-state index contributed by atoms with van der Waals surface area (Å²) in [5, 5.41) is 50.5. The highest BCUT2D eigenvalue weighted by molar-refractivity contribution is 6.12. The molecule has 0 unspecified atom stereocenters. The van der Waals surface area contributed by atoms with Gasteiger partial charge >= 0.3 is 11.9 Å². The lowest BCUT2D eigenvalue weighted by molar-refractivity contribution is -0.140. The zero-order valence-corrected chi connectivity index (χ0v) is 29.8. The molecule has 53 heavy (non-hydrogen) atoms.